The van der Waals surface area contributed by atoms with Gasteiger partial charge in [0.2, 0.25) is 6.61 Å². The maximum atomic E-state index is 12.7. The lowest BCUT2D eigenvalue weighted by atomic mass is 10.0. The normalized spacial score (nSPS) is 20.9. The number of carbonyl (C=O) groups excluding carboxylic acids is 2. The molecule has 3 rings (SSSR count). The number of aliphatic carboxylic acids is 2. The number of carboxylic acid groups (broad SMARTS) is 2. The van der Waals surface area contributed by atoms with Gasteiger partial charge >= 0.3 is 11.9 Å². The molecule has 0 unspecified atom stereocenters. The van der Waals surface area contributed by atoms with Crippen LogP contribution in [0.15, 0.2) is 34.5 Å². The van der Waals surface area contributed by atoms with E-state index >= 15 is 0 Å². The minimum Gasteiger partial charge on any atom is -0.479 e. The predicted octanol–water partition coefficient (Wildman–Crippen LogP) is -0.545. The number of aromatic nitrogens is 1. The van der Waals surface area contributed by atoms with Gasteiger partial charge in [0.15, 0.2) is 10.8 Å². The van der Waals surface area contributed by atoms with E-state index in [1.54, 1.807) is 0 Å². The van der Waals surface area contributed by atoms with E-state index in [1.807, 2.05) is 0 Å². The molecule has 5 N–H and O–H groups in total. The highest BCUT2D eigenvalue weighted by atomic mass is 32.2. The van der Waals surface area contributed by atoms with Gasteiger partial charge in [0.25, 0.3) is 11.8 Å². The Morgan fingerprint density at radius 3 is 2.77 bits per heavy atom. The summed E-state index contributed by atoms with van der Waals surface area (Å²) in [5.41, 5.74) is 5.48. The van der Waals surface area contributed by atoms with Crippen LogP contribution in [0.3, 0.4) is 0 Å². The van der Waals surface area contributed by atoms with Crippen molar-refractivity contribution in [3.63, 3.8) is 0 Å². The minimum absolute atomic E-state index is 0.0420. The van der Waals surface area contributed by atoms with Crippen LogP contribution in [-0.4, -0.2) is 73.3 Å². The number of oxime groups is 1. The second kappa shape index (κ2) is 8.54. The van der Waals surface area contributed by atoms with Crippen LogP contribution >= 0.6 is 23.1 Å². The summed E-state index contributed by atoms with van der Waals surface area (Å²) in [5.74, 6) is -3.72. The number of carbonyl (C=O) groups is 4. The molecule has 12 nitrogen and oxygen atoms in total. The Bertz CT molecular complexity index is 1000. The van der Waals surface area contributed by atoms with Gasteiger partial charge in [-0.05, 0) is 5.57 Å². The lowest BCUT2D eigenvalue weighted by Gasteiger charge is -2.49. The fourth-order valence-electron chi connectivity index (χ4n) is 2.76. The van der Waals surface area contributed by atoms with E-state index in [0.717, 1.165) is 16.2 Å². The Labute approximate surface area is 177 Å². The fourth-order valence-corrected chi connectivity index (χ4v) is 4.65. The van der Waals surface area contributed by atoms with Crippen molar-refractivity contribution < 1.29 is 34.2 Å². The number of nitrogens with two attached hydrogens (primary N) is 1. The van der Waals surface area contributed by atoms with Gasteiger partial charge in [-0.1, -0.05) is 17.8 Å². The highest BCUT2D eigenvalue weighted by molar-refractivity contribution is 8.00. The topological polar surface area (TPSA) is 185 Å². The maximum Gasteiger partial charge on any atom is 0.352 e. The molecule has 0 saturated carbocycles. The average molecular weight is 453 g/mol. The Morgan fingerprint density at radius 1 is 1.47 bits per heavy atom. The molecular weight excluding hydrogens is 438 g/mol. The van der Waals surface area contributed by atoms with Crippen LogP contribution in [0.5, 0.6) is 0 Å². The number of nitrogens with one attached hydrogen (secondary N) is 1. The first-order chi connectivity index (χ1) is 14.2. The van der Waals surface area contributed by atoms with Crippen LogP contribution in [0.4, 0.5) is 5.13 Å². The second-order valence-corrected chi connectivity index (χ2v) is 7.92. The van der Waals surface area contributed by atoms with Gasteiger partial charge in [0.1, 0.15) is 22.8 Å². The van der Waals surface area contributed by atoms with Crippen molar-refractivity contribution in [2.75, 3.05) is 18.1 Å². The van der Waals surface area contributed by atoms with E-state index in [-0.39, 0.29) is 22.2 Å². The van der Waals surface area contributed by atoms with Crippen molar-refractivity contribution in [3.05, 3.63) is 35.0 Å². The molecule has 0 bridgehead atoms. The van der Waals surface area contributed by atoms with Gasteiger partial charge in [0.05, 0.1) is 0 Å². The number of carboxylic acids is 2. The van der Waals surface area contributed by atoms with E-state index in [2.05, 4.69) is 26.9 Å². The Balaban J connectivity index is 1.79. The van der Waals surface area contributed by atoms with Gasteiger partial charge in [-0.3, -0.25) is 14.5 Å². The number of allylic oxidation sites excluding steroid dienone is 1. The van der Waals surface area contributed by atoms with Gasteiger partial charge < -0.3 is 26.1 Å². The summed E-state index contributed by atoms with van der Waals surface area (Å²) >= 11 is 2.30. The number of β-lactam (4-membered cyclic amide) rings is 1. The van der Waals surface area contributed by atoms with Crippen LogP contribution in [0.25, 0.3) is 0 Å². The largest absolute Gasteiger partial charge is 0.479 e. The van der Waals surface area contributed by atoms with Crippen molar-refractivity contribution in [3.8, 4) is 0 Å². The summed E-state index contributed by atoms with van der Waals surface area (Å²) in [4.78, 5) is 57.1. The molecule has 0 aromatic carbocycles. The molecule has 0 aliphatic carbocycles. The monoisotopic (exact) mass is 453 g/mol. The first-order valence-electron chi connectivity index (χ1n) is 8.22. The van der Waals surface area contributed by atoms with E-state index in [9.17, 15) is 24.3 Å². The zero-order valence-electron chi connectivity index (χ0n) is 15.1. The SMILES string of the molecule is C=CC1=C(C(=O)O)N2C(=O)[C@H](NC(=O)/C(=N\OCC(=O)O)c3csc(N)n3)[C@H]2SC1. The summed E-state index contributed by atoms with van der Waals surface area (Å²) in [6.07, 6.45) is 1.38. The van der Waals surface area contributed by atoms with Crippen LogP contribution in [0.2, 0.25) is 0 Å². The molecule has 3 heterocycles. The van der Waals surface area contributed by atoms with Gasteiger partial charge in [0, 0.05) is 11.1 Å². The molecule has 1 aromatic heterocycles. The molecule has 0 spiro atoms. The molecule has 2 aliphatic rings. The summed E-state index contributed by atoms with van der Waals surface area (Å²) in [7, 11) is 0. The molecule has 158 valence electrons. The number of rotatable bonds is 8. The molecule has 1 saturated heterocycles. The molecule has 2 amide bonds. The number of fused-ring (bicyclic) bond motifs is 1. The first-order valence-corrected chi connectivity index (χ1v) is 10.1. The van der Waals surface area contributed by atoms with Crippen LogP contribution in [-0.2, 0) is 24.0 Å². The fraction of sp³-hybridized carbons (Fsp3) is 0.250. The third kappa shape index (κ3) is 3.99. The zero-order valence-corrected chi connectivity index (χ0v) is 16.7. The molecule has 2 atom stereocenters. The summed E-state index contributed by atoms with van der Waals surface area (Å²) < 4.78 is 0. The number of thioether (sulfide) groups is 1. The Kier molecular flexibility index (Phi) is 6.07. The number of anilines is 1. The maximum absolute atomic E-state index is 12.7. The van der Waals surface area contributed by atoms with Crippen molar-refractivity contribution in [1.29, 1.82) is 0 Å². The van der Waals surface area contributed by atoms with Crippen molar-refractivity contribution in [2.45, 2.75) is 11.4 Å². The first kappa shape index (κ1) is 21.3. The summed E-state index contributed by atoms with van der Waals surface area (Å²) in [5, 5.41) is 25.0. The van der Waals surface area contributed by atoms with Crippen LogP contribution in [0.1, 0.15) is 5.69 Å². The zero-order chi connectivity index (χ0) is 22.0. The van der Waals surface area contributed by atoms with Crippen LogP contribution in [0, 0.1) is 0 Å². The lowest BCUT2D eigenvalue weighted by molar-refractivity contribution is -0.150. The number of hydrogen-bond donors (Lipinski definition) is 4. The van der Waals surface area contributed by atoms with Crippen molar-refractivity contribution in [1.82, 2.24) is 15.2 Å². The van der Waals surface area contributed by atoms with E-state index in [4.69, 9.17) is 10.8 Å². The predicted molar refractivity (Wildman–Crippen MR) is 107 cm³/mol. The van der Waals surface area contributed by atoms with Gasteiger partial charge in [-0.15, -0.1) is 23.1 Å². The number of nitrogen functional groups attached to an aromatic ring is 1. The molecule has 2 aliphatic heterocycles. The smallest absolute Gasteiger partial charge is 0.352 e. The molecular formula is C16H15N5O7S2. The van der Waals surface area contributed by atoms with Crippen molar-refractivity contribution >= 4 is 57.7 Å². The lowest BCUT2D eigenvalue weighted by Crippen LogP contribution is -2.71. The molecule has 1 aromatic rings. The number of hydrogen-bond acceptors (Lipinski definition) is 10. The molecule has 1 fully saturated rings. The summed E-state index contributed by atoms with van der Waals surface area (Å²) in [6.45, 7) is 2.77. The quantitative estimate of drug-likeness (QED) is 0.226. The third-order valence-electron chi connectivity index (χ3n) is 4.06. The highest BCUT2D eigenvalue weighted by Crippen LogP contribution is 2.40. The highest BCUT2D eigenvalue weighted by Gasteiger charge is 2.54. The van der Waals surface area contributed by atoms with E-state index in [0.29, 0.717) is 11.3 Å². The van der Waals surface area contributed by atoms with Gasteiger partial charge in [-0.25, -0.2) is 14.6 Å². The number of thiazole rings is 1. The molecule has 30 heavy (non-hydrogen) atoms. The number of amides is 2. The Hall–Kier alpha value is -3.39. The average Bonchev–Trinajstić information content (AvgIpc) is 3.13. The van der Waals surface area contributed by atoms with E-state index < -0.39 is 41.8 Å². The second-order valence-electron chi connectivity index (χ2n) is 5.92. The number of nitrogens with zero attached hydrogens (tertiary/aromatic N) is 3. The van der Waals surface area contributed by atoms with Crippen molar-refractivity contribution in [2.24, 2.45) is 5.16 Å². The van der Waals surface area contributed by atoms with Crippen LogP contribution < -0.4 is 11.1 Å². The standard InChI is InChI=1S/C16H15N5O7S2/c1-2-6-4-29-14-10(13(25)21(14)11(6)15(26)27)19-12(24)9(20-28-3-8(22)23)7-5-30-16(17)18-7/h2,5,10,14H,1,3-4H2,(H2,17,18)(H,19,24)(H,22,23)(H,26,27)/b20-9-/t10-,14+/m0/s1. The molecule has 0 radical (unpaired) electrons. The third-order valence-corrected chi connectivity index (χ3v) is 6.03. The van der Waals surface area contributed by atoms with Gasteiger partial charge in [-0.2, -0.15) is 0 Å². The molecule has 14 heteroatoms. The minimum atomic E-state index is -1.30. The summed E-state index contributed by atoms with van der Waals surface area (Å²) in [6, 6.07) is -1.01. The van der Waals surface area contributed by atoms with E-state index in [1.165, 1.54) is 23.2 Å². The Morgan fingerprint density at radius 2 is 2.20 bits per heavy atom.